The van der Waals surface area contributed by atoms with Crippen molar-refractivity contribution in [3.05, 3.63) is 60.2 Å². The van der Waals surface area contributed by atoms with E-state index < -0.39 is 0 Å². The number of esters is 1. The lowest BCUT2D eigenvalue weighted by Gasteiger charge is -2.44. The van der Waals surface area contributed by atoms with E-state index in [4.69, 9.17) is 9.47 Å². The number of carbonyl (C=O) groups is 1. The third-order valence-corrected chi connectivity index (χ3v) is 8.20. The maximum atomic E-state index is 13.8. The summed E-state index contributed by atoms with van der Waals surface area (Å²) in [4.78, 5) is 16.0. The highest BCUT2D eigenvalue weighted by Gasteiger charge is 2.43. The summed E-state index contributed by atoms with van der Waals surface area (Å²) < 4.78 is 11.8. The lowest BCUT2D eigenvalue weighted by Crippen LogP contribution is -2.48. The summed E-state index contributed by atoms with van der Waals surface area (Å²) in [5, 5.41) is 0. The van der Waals surface area contributed by atoms with Crippen LogP contribution in [-0.2, 0) is 14.9 Å². The molecule has 34 heavy (non-hydrogen) atoms. The van der Waals surface area contributed by atoms with Crippen molar-refractivity contribution in [2.24, 2.45) is 11.8 Å². The van der Waals surface area contributed by atoms with Gasteiger partial charge in [0, 0.05) is 18.2 Å². The van der Waals surface area contributed by atoms with Gasteiger partial charge < -0.3 is 14.4 Å². The predicted molar refractivity (Wildman–Crippen MR) is 138 cm³/mol. The highest BCUT2D eigenvalue weighted by molar-refractivity contribution is 5.80. The van der Waals surface area contributed by atoms with E-state index >= 15 is 0 Å². The standard InChI is InChI=1S/C30H41NO3/c1-22-14-19-26(30(2,3)23-11-7-5-8-12-23)28(21-22)34-29(32)27-13-9-6-10-20-31(27)24-15-17-25(33-4)18-16-24/h5,7-8,11-12,15-18,22,26-28H,6,9-10,13-14,19-21H2,1-4H3/t22-,26-,27+,28-/m1/s1. The zero-order chi connectivity index (χ0) is 24.1. The van der Waals surface area contributed by atoms with Gasteiger partial charge in [-0.05, 0) is 66.8 Å². The first-order chi connectivity index (χ1) is 16.4. The summed E-state index contributed by atoms with van der Waals surface area (Å²) >= 11 is 0. The molecule has 4 atom stereocenters. The molecule has 1 heterocycles. The molecular formula is C30H41NO3. The van der Waals surface area contributed by atoms with Crippen LogP contribution in [0.1, 0.15) is 71.3 Å². The van der Waals surface area contributed by atoms with Crippen LogP contribution in [0, 0.1) is 11.8 Å². The van der Waals surface area contributed by atoms with Crippen molar-refractivity contribution in [1.29, 1.82) is 0 Å². The van der Waals surface area contributed by atoms with Gasteiger partial charge in [-0.15, -0.1) is 0 Å². The number of nitrogens with zero attached hydrogens (tertiary/aromatic N) is 1. The summed E-state index contributed by atoms with van der Waals surface area (Å²) in [7, 11) is 1.68. The average Bonchev–Trinajstić information content (AvgIpc) is 3.11. The minimum atomic E-state index is -0.228. The van der Waals surface area contributed by atoms with Crippen LogP contribution in [-0.4, -0.2) is 31.8 Å². The number of methoxy groups -OCH3 is 1. The van der Waals surface area contributed by atoms with E-state index in [-0.39, 0.29) is 23.5 Å². The van der Waals surface area contributed by atoms with Gasteiger partial charge in [0.1, 0.15) is 17.9 Å². The molecule has 1 saturated carbocycles. The second kappa shape index (κ2) is 10.8. The molecule has 184 valence electrons. The minimum absolute atomic E-state index is 0.0487. The van der Waals surface area contributed by atoms with Crippen LogP contribution in [0.3, 0.4) is 0 Å². The molecule has 2 aromatic carbocycles. The molecule has 1 saturated heterocycles. The SMILES string of the molecule is COc1ccc(N2CCCCC[C@H]2C(=O)O[C@@H]2C[C@H](C)CC[C@H]2C(C)(C)c2ccccc2)cc1. The monoisotopic (exact) mass is 463 g/mol. The molecule has 2 fully saturated rings. The van der Waals surface area contributed by atoms with E-state index in [1.807, 2.05) is 12.1 Å². The number of anilines is 1. The molecule has 0 amide bonds. The Morgan fingerprint density at radius 1 is 0.941 bits per heavy atom. The van der Waals surface area contributed by atoms with Crippen molar-refractivity contribution in [2.45, 2.75) is 83.3 Å². The first-order valence-corrected chi connectivity index (χ1v) is 13.1. The zero-order valence-electron chi connectivity index (χ0n) is 21.3. The van der Waals surface area contributed by atoms with Crippen molar-refractivity contribution in [1.82, 2.24) is 0 Å². The van der Waals surface area contributed by atoms with Crippen LogP contribution < -0.4 is 9.64 Å². The molecule has 0 unspecified atom stereocenters. The fourth-order valence-electron chi connectivity index (χ4n) is 6.03. The van der Waals surface area contributed by atoms with Gasteiger partial charge >= 0.3 is 5.97 Å². The fraction of sp³-hybridized carbons (Fsp3) is 0.567. The maximum Gasteiger partial charge on any atom is 0.329 e. The Labute approximate surface area is 205 Å². The summed E-state index contributed by atoms with van der Waals surface area (Å²) in [6.45, 7) is 7.81. The van der Waals surface area contributed by atoms with Crippen molar-refractivity contribution in [2.75, 3.05) is 18.6 Å². The third kappa shape index (κ3) is 5.42. The van der Waals surface area contributed by atoms with Crippen LogP contribution in [0.25, 0.3) is 0 Å². The van der Waals surface area contributed by atoms with Crippen molar-refractivity contribution in [3.63, 3.8) is 0 Å². The van der Waals surface area contributed by atoms with Crippen molar-refractivity contribution in [3.8, 4) is 5.75 Å². The van der Waals surface area contributed by atoms with Gasteiger partial charge in [0.2, 0.25) is 0 Å². The van der Waals surface area contributed by atoms with Gasteiger partial charge in [0.05, 0.1) is 7.11 Å². The lowest BCUT2D eigenvalue weighted by atomic mass is 9.64. The van der Waals surface area contributed by atoms with Gasteiger partial charge in [0.25, 0.3) is 0 Å². The largest absolute Gasteiger partial charge is 0.497 e. The molecule has 0 N–H and O–H groups in total. The Bertz CT molecular complexity index is 924. The van der Waals surface area contributed by atoms with Crippen LogP contribution in [0.2, 0.25) is 0 Å². The molecule has 4 rings (SSSR count). The summed E-state index contributed by atoms with van der Waals surface area (Å²) in [5.41, 5.74) is 2.35. The van der Waals surface area contributed by atoms with Crippen LogP contribution >= 0.6 is 0 Å². The molecular weight excluding hydrogens is 422 g/mol. The van der Waals surface area contributed by atoms with Gasteiger partial charge in [-0.3, -0.25) is 0 Å². The number of benzene rings is 2. The molecule has 4 heteroatoms. The number of ether oxygens (including phenoxy) is 2. The summed E-state index contributed by atoms with van der Waals surface area (Å²) in [6, 6.07) is 18.6. The fourth-order valence-corrected chi connectivity index (χ4v) is 6.03. The maximum absolute atomic E-state index is 13.8. The molecule has 0 bridgehead atoms. The highest BCUT2D eigenvalue weighted by atomic mass is 16.5. The van der Waals surface area contributed by atoms with E-state index in [1.54, 1.807) is 7.11 Å². The lowest BCUT2D eigenvalue weighted by molar-refractivity contribution is -0.158. The molecule has 2 aromatic rings. The Morgan fingerprint density at radius 2 is 1.68 bits per heavy atom. The molecule has 0 aromatic heterocycles. The predicted octanol–water partition coefficient (Wildman–Crippen LogP) is 6.77. The van der Waals surface area contributed by atoms with E-state index in [1.165, 1.54) is 12.0 Å². The molecule has 1 aliphatic carbocycles. The first-order valence-electron chi connectivity index (χ1n) is 13.1. The minimum Gasteiger partial charge on any atom is -0.497 e. The topological polar surface area (TPSA) is 38.8 Å². The third-order valence-electron chi connectivity index (χ3n) is 8.20. The highest BCUT2D eigenvalue weighted by Crippen LogP contribution is 2.44. The normalized spacial score (nSPS) is 25.9. The van der Waals surface area contributed by atoms with Crippen molar-refractivity contribution >= 4 is 11.7 Å². The van der Waals surface area contributed by atoms with Crippen LogP contribution in [0.5, 0.6) is 5.75 Å². The Kier molecular flexibility index (Phi) is 7.85. The van der Waals surface area contributed by atoms with Crippen LogP contribution in [0.15, 0.2) is 54.6 Å². The number of rotatable bonds is 6. The molecule has 1 aliphatic heterocycles. The molecule has 2 aliphatic rings. The average molecular weight is 464 g/mol. The smallest absolute Gasteiger partial charge is 0.329 e. The quantitative estimate of drug-likeness (QED) is 0.443. The Balaban J connectivity index is 1.55. The number of hydrogen-bond donors (Lipinski definition) is 0. The first kappa shape index (κ1) is 24.6. The van der Waals surface area contributed by atoms with E-state index in [9.17, 15) is 4.79 Å². The van der Waals surface area contributed by atoms with Crippen LogP contribution in [0.4, 0.5) is 5.69 Å². The molecule has 0 spiro atoms. The second-order valence-electron chi connectivity index (χ2n) is 10.8. The van der Waals surface area contributed by atoms with Gasteiger partial charge in [0.15, 0.2) is 0 Å². The molecule has 0 radical (unpaired) electrons. The molecule has 4 nitrogen and oxygen atoms in total. The van der Waals surface area contributed by atoms with Crippen molar-refractivity contribution < 1.29 is 14.3 Å². The summed E-state index contributed by atoms with van der Waals surface area (Å²) in [6.07, 6.45) is 7.34. The van der Waals surface area contributed by atoms with Gasteiger partial charge in [-0.1, -0.05) is 70.4 Å². The number of carbonyl (C=O) groups excluding carboxylic acids is 1. The van der Waals surface area contributed by atoms with E-state index in [0.717, 1.165) is 56.5 Å². The summed E-state index contributed by atoms with van der Waals surface area (Å²) in [5.74, 6) is 1.67. The van der Waals surface area contributed by atoms with Gasteiger partial charge in [-0.2, -0.15) is 0 Å². The number of hydrogen-bond acceptors (Lipinski definition) is 4. The second-order valence-corrected chi connectivity index (χ2v) is 10.8. The Hall–Kier alpha value is -2.49. The van der Waals surface area contributed by atoms with E-state index in [2.05, 4.69) is 68.1 Å². The zero-order valence-corrected chi connectivity index (χ0v) is 21.3. The van der Waals surface area contributed by atoms with E-state index in [0.29, 0.717) is 11.8 Å². The Morgan fingerprint density at radius 3 is 2.38 bits per heavy atom. The van der Waals surface area contributed by atoms with Gasteiger partial charge in [-0.25, -0.2) is 4.79 Å².